The Morgan fingerprint density at radius 3 is 2.09 bits per heavy atom. The van der Waals surface area contributed by atoms with Crippen LogP contribution in [-0.2, 0) is 17.1 Å². The lowest BCUT2D eigenvalue weighted by Crippen LogP contribution is -2.28. The van der Waals surface area contributed by atoms with E-state index in [0.29, 0.717) is 12.3 Å². The van der Waals surface area contributed by atoms with Gasteiger partial charge in [0, 0.05) is 19.3 Å². The lowest BCUT2D eigenvalue weighted by Gasteiger charge is -2.18. The second kappa shape index (κ2) is 8.04. The first-order chi connectivity index (χ1) is 10.6. The minimum atomic E-state index is 0.182. The summed E-state index contributed by atoms with van der Waals surface area (Å²) >= 11 is 1.68. The molecule has 0 aromatic heterocycles. The van der Waals surface area contributed by atoms with Gasteiger partial charge in [-0.1, -0.05) is 48.5 Å². The van der Waals surface area contributed by atoms with Crippen molar-refractivity contribution in [3.8, 4) is 0 Å². The number of rotatable bonds is 6. The summed E-state index contributed by atoms with van der Waals surface area (Å²) in [5.74, 6) is 1.59. The van der Waals surface area contributed by atoms with Gasteiger partial charge in [-0.2, -0.15) is 0 Å². The van der Waals surface area contributed by atoms with Gasteiger partial charge in [-0.05, 0) is 36.1 Å². The smallest absolute Gasteiger partial charge is 0.232 e. The third-order valence-corrected chi connectivity index (χ3v) is 4.81. The first kappa shape index (κ1) is 16.6. The molecule has 0 fully saturated rings. The molecule has 0 aliphatic carbocycles. The number of thioether (sulfide) groups is 1. The molecule has 3 heteroatoms. The predicted molar refractivity (Wildman–Crippen MR) is 95.0 cm³/mol. The maximum Gasteiger partial charge on any atom is 0.232 e. The normalized spacial score (nSPS) is 10.5. The van der Waals surface area contributed by atoms with Gasteiger partial charge in [-0.3, -0.25) is 4.79 Å². The maximum absolute atomic E-state index is 12.2. The Kier molecular flexibility index (Phi) is 6.08. The van der Waals surface area contributed by atoms with E-state index in [1.54, 1.807) is 11.8 Å². The maximum atomic E-state index is 12.2. The molecular formula is C19H23NOS. The largest absolute Gasteiger partial charge is 0.341 e. The molecule has 0 aliphatic rings. The topological polar surface area (TPSA) is 20.3 Å². The summed E-state index contributed by atoms with van der Waals surface area (Å²) in [6.07, 6.45) is 0. The first-order valence-corrected chi connectivity index (χ1v) is 8.64. The van der Waals surface area contributed by atoms with E-state index >= 15 is 0 Å². The highest BCUT2D eigenvalue weighted by atomic mass is 32.2. The molecule has 2 nitrogen and oxygen atoms in total. The molecule has 2 aromatic rings. The van der Waals surface area contributed by atoms with Gasteiger partial charge < -0.3 is 4.90 Å². The minimum absolute atomic E-state index is 0.182. The molecule has 2 rings (SSSR count). The fraction of sp³-hybridized carbons (Fsp3) is 0.316. The summed E-state index contributed by atoms with van der Waals surface area (Å²) < 4.78 is 0. The second-order valence-corrected chi connectivity index (χ2v) is 6.58. The highest BCUT2D eigenvalue weighted by molar-refractivity contribution is 7.99. The van der Waals surface area contributed by atoms with Gasteiger partial charge >= 0.3 is 0 Å². The molecule has 1 amide bonds. The molecule has 0 atom stereocenters. The number of aryl methyl sites for hydroxylation is 2. The third-order valence-electron chi connectivity index (χ3n) is 3.84. The Bertz CT molecular complexity index is 639. The molecule has 0 heterocycles. The molecule has 0 saturated heterocycles. The van der Waals surface area contributed by atoms with E-state index in [2.05, 4.69) is 44.2 Å². The van der Waals surface area contributed by atoms with Crippen molar-refractivity contribution in [3.63, 3.8) is 0 Å². The van der Waals surface area contributed by atoms with Crippen molar-refractivity contribution >= 4 is 17.7 Å². The van der Waals surface area contributed by atoms with Crippen molar-refractivity contribution in [2.75, 3.05) is 12.8 Å². The Morgan fingerprint density at radius 2 is 1.50 bits per heavy atom. The summed E-state index contributed by atoms with van der Waals surface area (Å²) in [5.41, 5.74) is 5.04. The molecule has 0 unspecified atom stereocenters. The summed E-state index contributed by atoms with van der Waals surface area (Å²) in [6, 6.07) is 16.6. The summed E-state index contributed by atoms with van der Waals surface area (Å²) in [4.78, 5) is 14.1. The van der Waals surface area contributed by atoms with Crippen LogP contribution in [-0.4, -0.2) is 23.6 Å². The van der Waals surface area contributed by atoms with Crippen molar-refractivity contribution in [2.24, 2.45) is 0 Å². The van der Waals surface area contributed by atoms with Crippen LogP contribution in [0, 0.1) is 13.8 Å². The number of hydrogen-bond donors (Lipinski definition) is 0. The Hall–Kier alpha value is -1.74. The van der Waals surface area contributed by atoms with Crippen LogP contribution in [0.5, 0.6) is 0 Å². The molecule has 116 valence electrons. The molecular weight excluding hydrogens is 290 g/mol. The van der Waals surface area contributed by atoms with Crippen LogP contribution in [0.1, 0.15) is 22.3 Å². The third kappa shape index (κ3) is 4.63. The van der Waals surface area contributed by atoms with Crippen LogP contribution >= 0.6 is 11.8 Å². The lowest BCUT2D eigenvalue weighted by atomic mass is 10.1. The first-order valence-electron chi connectivity index (χ1n) is 7.48. The van der Waals surface area contributed by atoms with Crippen molar-refractivity contribution in [2.45, 2.75) is 26.1 Å². The number of benzene rings is 2. The zero-order chi connectivity index (χ0) is 15.9. The predicted octanol–water partition coefficient (Wildman–Crippen LogP) is 4.20. The number of carbonyl (C=O) groups excluding carboxylic acids is 1. The lowest BCUT2D eigenvalue weighted by molar-refractivity contribution is -0.127. The number of amides is 1. The van der Waals surface area contributed by atoms with E-state index < -0.39 is 0 Å². The molecule has 0 spiro atoms. The number of hydrogen-bond acceptors (Lipinski definition) is 2. The SMILES string of the molecule is Cc1ccccc1CSCC(=O)N(C)Cc1ccccc1C. The van der Waals surface area contributed by atoms with Crippen molar-refractivity contribution in [3.05, 3.63) is 70.8 Å². The number of carbonyl (C=O) groups is 1. The zero-order valence-electron chi connectivity index (χ0n) is 13.5. The average molecular weight is 313 g/mol. The molecule has 0 bridgehead atoms. The van der Waals surface area contributed by atoms with Gasteiger partial charge in [-0.15, -0.1) is 11.8 Å². The minimum Gasteiger partial charge on any atom is -0.341 e. The second-order valence-electron chi connectivity index (χ2n) is 5.60. The van der Waals surface area contributed by atoms with Gasteiger partial charge in [-0.25, -0.2) is 0 Å². The standard InChI is InChI=1S/C19H23NOS/c1-15-8-4-6-10-17(15)12-20(3)19(21)14-22-13-18-11-7-5-9-16(18)2/h4-11H,12-14H2,1-3H3. The van der Waals surface area contributed by atoms with Crippen LogP contribution in [0.25, 0.3) is 0 Å². The van der Waals surface area contributed by atoms with Crippen molar-refractivity contribution < 1.29 is 4.79 Å². The molecule has 0 radical (unpaired) electrons. The highest BCUT2D eigenvalue weighted by Crippen LogP contribution is 2.17. The van der Waals surface area contributed by atoms with Gasteiger partial charge in [0.1, 0.15) is 0 Å². The van der Waals surface area contributed by atoms with E-state index in [1.807, 2.05) is 30.1 Å². The molecule has 2 aromatic carbocycles. The summed E-state index contributed by atoms with van der Waals surface area (Å²) in [7, 11) is 1.88. The van der Waals surface area contributed by atoms with E-state index in [0.717, 1.165) is 5.75 Å². The molecule has 0 N–H and O–H groups in total. The van der Waals surface area contributed by atoms with Crippen LogP contribution < -0.4 is 0 Å². The fourth-order valence-corrected chi connectivity index (χ4v) is 3.30. The van der Waals surface area contributed by atoms with Gasteiger partial charge in [0.2, 0.25) is 5.91 Å². The van der Waals surface area contributed by atoms with Crippen LogP contribution in [0.2, 0.25) is 0 Å². The molecule has 0 saturated carbocycles. The monoisotopic (exact) mass is 313 g/mol. The zero-order valence-corrected chi connectivity index (χ0v) is 14.3. The van der Waals surface area contributed by atoms with Gasteiger partial charge in [0.25, 0.3) is 0 Å². The molecule has 0 aliphatic heterocycles. The van der Waals surface area contributed by atoms with Crippen LogP contribution in [0.4, 0.5) is 0 Å². The Morgan fingerprint density at radius 1 is 0.955 bits per heavy atom. The average Bonchev–Trinajstić information content (AvgIpc) is 2.51. The summed E-state index contributed by atoms with van der Waals surface area (Å²) in [5, 5.41) is 0. The van der Waals surface area contributed by atoms with Crippen molar-refractivity contribution in [1.29, 1.82) is 0 Å². The Labute approximate surface area is 137 Å². The van der Waals surface area contributed by atoms with E-state index in [9.17, 15) is 4.79 Å². The van der Waals surface area contributed by atoms with E-state index in [1.165, 1.54) is 22.3 Å². The Balaban J connectivity index is 1.82. The van der Waals surface area contributed by atoms with E-state index in [-0.39, 0.29) is 5.91 Å². The summed E-state index contributed by atoms with van der Waals surface area (Å²) in [6.45, 7) is 4.87. The van der Waals surface area contributed by atoms with Gasteiger partial charge in [0.15, 0.2) is 0 Å². The van der Waals surface area contributed by atoms with Gasteiger partial charge in [0.05, 0.1) is 5.75 Å². The van der Waals surface area contributed by atoms with Crippen LogP contribution in [0.3, 0.4) is 0 Å². The molecule has 22 heavy (non-hydrogen) atoms. The highest BCUT2D eigenvalue weighted by Gasteiger charge is 2.10. The van der Waals surface area contributed by atoms with Crippen molar-refractivity contribution in [1.82, 2.24) is 4.90 Å². The fourth-order valence-electron chi connectivity index (χ4n) is 2.26. The number of nitrogens with zero attached hydrogens (tertiary/aromatic N) is 1. The van der Waals surface area contributed by atoms with Crippen LogP contribution in [0.15, 0.2) is 48.5 Å². The quantitative estimate of drug-likeness (QED) is 0.797. The van der Waals surface area contributed by atoms with E-state index in [4.69, 9.17) is 0 Å².